The van der Waals surface area contributed by atoms with Crippen LogP contribution in [0.25, 0.3) is 17.4 Å². The van der Waals surface area contributed by atoms with Crippen molar-refractivity contribution in [2.45, 2.75) is 50.9 Å². The van der Waals surface area contributed by atoms with Gasteiger partial charge in [-0.15, -0.1) is 0 Å². The average Bonchev–Trinajstić information content (AvgIpc) is 3.61. The number of aromatic nitrogens is 4. The van der Waals surface area contributed by atoms with Gasteiger partial charge in [0, 0.05) is 36.7 Å². The third-order valence-electron chi connectivity index (χ3n) is 6.99. The second kappa shape index (κ2) is 10.4. The number of para-hydroxylation sites is 1. The number of amides is 1. The Morgan fingerprint density at radius 2 is 2.00 bits per heavy atom. The lowest BCUT2D eigenvalue weighted by molar-refractivity contribution is -0.122. The van der Waals surface area contributed by atoms with Crippen molar-refractivity contribution in [3.63, 3.8) is 0 Å². The summed E-state index contributed by atoms with van der Waals surface area (Å²) in [6.07, 6.45) is 7.21. The normalized spacial score (nSPS) is 15.6. The van der Waals surface area contributed by atoms with Crippen LogP contribution < -0.4 is 16.0 Å². The summed E-state index contributed by atoms with van der Waals surface area (Å²) in [5, 5.41) is 0. The number of rotatable bonds is 9. The van der Waals surface area contributed by atoms with Gasteiger partial charge in [0.15, 0.2) is 0 Å². The average molecular weight is 522 g/mol. The molecule has 1 aliphatic rings. The van der Waals surface area contributed by atoms with Gasteiger partial charge in [-0.3, -0.25) is 14.0 Å². The van der Waals surface area contributed by atoms with Crippen molar-refractivity contribution in [1.29, 1.82) is 0 Å². The number of ether oxygens (including phenoxy) is 3. The van der Waals surface area contributed by atoms with Crippen molar-refractivity contribution in [2.24, 2.45) is 5.73 Å². The smallest absolute Gasteiger partial charge is 0.263 e. The second-order valence-electron chi connectivity index (χ2n) is 9.80. The van der Waals surface area contributed by atoms with E-state index in [1.165, 1.54) is 16.9 Å². The number of benzene rings is 1. The van der Waals surface area contributed by atoms with Crippen LogP contribution in [0.15, 0.2) is 58.3 Å². The highest BCUT2D eigenvalue weighted by molar-refractivity contribution is 5.85. The van der Waals surface area contributed by atoms with Crippen molar-refractivity contribution in [3.05, 3.63) is 70.6 Å². The van der Waals surface area contributed by atoms with Crippen molar-refractivity contribution < 1.29 is 23.4 Å². The molecule has 1 saturated heterocycles. The highest BCUT2D eigenvalue weighted by atomic mass is 16.5. The fraction of sp³-hybridized carbons (Fsp3) is 0.407. The number of oxazole rings is 1. The summed E-state index contributed by atoms with van der Waals surface area (Å²) in [5.41, 5.74) is 5.55. The predicted octanol–water partition coefficient (Wildman–Crippen LogP) is 2.86. The lowest BCUT2D eigenvalue weighted by atomic mass is 9.85. The van der Waals surface area contributed by atoms with Crippen LogP contribution in [0.4, 0.5) is 0 Å². The summed E-state index contributed by atoms with van der Waals surface area (Å²) in [6.45, 7) is 4.80. The number of hydrogen-bond donors (Lipinski definition) is 1. The van der Waals surface area contributed by atoms with E-state index in [0.29, 0.717) is 30.4 Å². The first kappa shape index (κ1) is 25.7. The number of nitrogens with two attached hydrogens (primary N) is 1. The van der Waals surface area contributed by atoms with E-state index in [1.807, 2.05) is 28.8 Å². The molecule has 4 aromatic rings. The van der Waals surface area contributed by atoms with Gasteiger partial charge in [-0.2, -0.15) is 0 Å². The van der Waals surface area contributed by atoms with Crippen LogP contribution >= 0.6 is 0 Å². The minimum Gasteiger partial charge on any atom is -0.496 e. The number of carbonyl (C=O) groups excluding carboxylic acids is 1. The fourth-order valence-corrected chi connectivity index (χ4v) is 4.64. The van der Waals surface area contributed by atoms with Crippen LogP contribution in [-0.2, 0) is 26.2 Å². The molecule has 11 nitrogen and oxygen atoms in total. The third kappa shape index (κ3) is 4.82. The summed E-state index contributed by atoms with van der Waals surface area (Å²) in [5.74, 6) is 0.689. The molecule has 0 aliphatic carbocycles. The molecule has 1 aromatic carbocycles. The van der Waals surface area contributed by atoms with Crippen LogP contribution in [0, 0.1) is 0 Å². The number of nitrogens with zero attached hydrogens (tertiary/aromatic N) is 4. The van der Waals surface area contributed by atoms with Gasteiger partial charge in [0.05, 0.1) is 31.4 Å². The van der Waals surface area contributed by atoms with E-state index in [0.717, 1.165) is 18.4 Å². The number of methoxy groups -OCH3 is 1. The summed E-state index contributed by atoms with van der Waals surface area (Å²) in [4.78, 5) is 34.8. The molecule has 11 heteroatoms. The van der Waals surface area contributed by atoms with Crippen LogP contribution in [0.2, 0.25) is 0 Å². The molecule has 1 amide bonds. The minimum absolute atomic E-state index is 0.0155. The zero-order valence-electron chi connectivity index (χ0n) is 21.6. The Hall–Kier alpha value is -3.96. The highest BCUT2D eigenvalue weighted by Gasteiger charge is 2.33. The lowest BCUT2D eigenvalue weighted by Crippen LogP contribution is -2.41. The Bertz CT molecular complexity index is 1480. The van der Waals surface area contributed by atoms with E-state index in [4.69, 9.17) is 24.4 Å². The topological polar surface area (TPSA) is 136 Å². The molecule has 0 unspecified atom stereocenters. The second-order valence-corrected chi connectivity index (χ2v) is 9.80. The summed E-state index contributed by atoms with van der Waals surface area (Å²) in [7, 11) is 1.62. The third-order valence-corrected chi connectivity index (χ3v) is 6.99. The molecule has 5 rings (SSSR count). The van der Waals surface area contributed by atoms with E-state index < -0.39 is 23.0 Å². The summed E-state index contributed by atoms with van der Waals surface area (Å²) < 4.78 is 26.4. The van der Waals surface area contributed by atoms with E-state index in [-0.39, 0.29) is 24.1 Å². The standard InChI is InChI=1S/C27H31N5O6/c1-27(2,25(28)34)19-14-31(26-30-20(15-32(26)24(19)33)23-29-10-13-37-23)16-22(38-17-8-11-36-12-9-17)18-6-4-5-7-21(18)35-3/h4-7,10,13-15,17,22H,8-9,11-12,16H2,1-3H3,(H2,28,34)/t22-/m0/s1. The lowest BCUT2D eigenvalue weighted by Gasteiger charge is -2.30. The first-order chi connectivity index (χ1) is 18.3. The van der Waals surface area contributed by atoms with Crippen molar-refractivity contribution in [1.82, 2.24) is 18.9 Å². The first-order valence-corrected chi connectivity index (χ1v) is 12.5. The largest absolute Gasteiger partial charge is 0.496 e. The van der Waals surface area contributed by atoms with E-state index in [9.17, 15) is 9.59 Å². The Morgan fingerprint density at radius 3 is 2.68 bits per heavy atom. The minimum atomic E-state index is -1.23. The van der Waals surface area contributed by atoms with Crippen LogP contribution in [0.3, 0.4) is 0 Å². The highest BCUT2D eigenvalue weighted by Crippen LogP contribution is 2.32. The van der Waals surface area contributed by atoms with E-state index >= 15 is 0 Å². The van der Waals surface area contributed by atoms with E-state index in [1.54, 1.807) is 33.4 Å². The number of fused-ring (bicyclic) bond motifs is 1. The maximum Gasteiger partial charge on any atom is 0.263 e. The molecule has 1 atom stereocenters. The molecule has 1 fully saturated rings. The predicted molar refractivity (Wildman–Crippen MR) is 138 cm³/mol. The molecule has 38 heavy (non-hydrogen) atoms. The van der Waals surface area contributed by atoms with Gasteiger partial charge in [0.25, 0.3) is 5.56 Å². The SMILES string of the molecule is COc1ccccc1[C@H](Cn1cc(C(C)(C)C(N)=O)c(=O)n2cc(-c3ncco3)nc12)OC1CCOCC1. The van der Waals surface area contributed by atoms with Crippen molar-refractivity contribution in [3.8, 4) is 17.3 Å². The molecular formula is C27H31N5O6. The maximum atomic E-state index is 13.6. The van der Waals surface area contributed by atoms with Crippen LogP contribution in [0.1, 0.15) is 43.9 Å². The first-order valence-electron chi connectivity index (χ1n) is 12.5. The van der Waals surface area contributed by atoms with Crippen molar-refractivity contribution >= 4 is 11.7 Å². The zero-order valence-corrected chi connectivity index (χ0v) is 21.6. The molecule has 2 N–H and O–H groups in total. The number of hydrogen-bond acceptors (Lipinski definition) is 8. The quantitative estimate of drug-likeness (QED) is 0.355. The number of imidazole rings is 1. The molecule has 0 saturated carbocycles. The van der Waals surface area contributed by atoms with Crippen LogP contribution in [-0.4, -0.2) is 51.3 Å². The monoisotopic (exact) mass is 521 g/mol. The van der Waals surface area contributed by atoms with Gasteiger partial charge in [-0.1, -0.05) is 18.2 Å². The van der Waals surface area contributed by atoms with Crippen molar-refractivity contribution in [2.75, 3.05) is 20.3 Å². The number of carbonyl (C=O) groups is 1. The van der Waals surface area contributed by atoms with Gasteiger partial charge < -0.3 is 28.9 Å². The molecule has 3 aromatic heterocycles. The molecule has 0 bridgehead atoms. The van der Waals surface area contributed by atoms with Gasteiger partial charge in [0.2, 0.25) is 17.6 Å². The fourth-order valence-electron chi connectivity index (χ4n) is 4.64. The molecule has 200 valence electrons. The zero-order chi connectivity index (χ0) is 26.9. The van der Waals surface area contributed by atoms with Gasteiger partial charge in [-0.25, -0.2) is 9.97 Å². The Labute approximate surface area is 219 Å². The Balaban J connectivity index is 1.67. The molecule has 1 aliphatic heterocycles. The summed E-state index contributed by atoms with van der Waals surface area (Å²) >= 11 is 0. The van der Waals surface area contributed by atoms with Gasteiger partial charge >= 0.3 is 0 Å². The van der Waals surface area contributed by atoms with Gasteiger partial charge in [-0.05, 0) is 32.8 Å². The molecular weight excluding hydrogens is 490 g/mol. The van der Waals surface area contributed by atoms with Crippen LogP contribution in [0.5, 0.6) is 5.75 Å². The summed E-state index contributed by atoms with van der Waals surface area (Å²) in [6, 6.07) is 7.67. The molecule has 0 spiro atoms. The molecule has 4 heterocycles. The van der Waals surface area contributed by atoms with Gasteiger partial charge in [0.1, 0.15) is 23.8 Å². The Morgan fingerprint density at radius 1 is 1.24 bits per heavy atom. The maximum absolute atomic E-state index is 13.6. The Kier molecular flexibility index (Phi) is 7.04. The van der Waals surface area contributed by atoms with E-state index in [2.05, 4.69) is 9.97 Å². The number of primary amides is 1. The molecule has 0 radical (unpaired) electrons.